The van der Waals surface area contributed by atoms with Gasteiger partial charge in [-0.05, 0) is 42.8 Å². The first-order valence-electron chi connectivity index (χ1n) is 9.42. The van der Waals surface area contributed by atoms with Gasteiger partial charge in [0.25, 0.3) is 0 Å². The van der Waals surface area contributed by atoms with Crippen molar-refractivity contribution in [2.24, 2.45) is 0 Å². The summed E-state index contributed by atoms with van der Waals surface area (Å²) in [7, 11) is 3.96. The smallest absolute Gasteiger partial charge is 0.233 e. The number of hydrogen-bond acceptors (Lipinski definition) is 3. The van der Waals surface area contributed by atoms with E-state index in [0.29, 0.717) is 24.2 Å². The summed E-state index contributed by atoms with van der Waals surface area (Å²) in [6.45, 7) is 0.674. The molecule has 5 heteroatoms. The maximum atomic E-state index is 12.8. The Morgan fingerprint density at radius 2 is 1.68 bits per heavy atom. The predicted octanol–water partition coefficient (Wildman–Crippen LogP) is 3.91. The van der Waals surface area contributed by atoms with E-state index in [0.717, 1.165) is 17.1 Å². The van der Waals surface area contributed by atoms with Gasteiger partial charge in [-0.2, -0.15) is 0 Å². The Morgan fingerprint density at radius 1 is 0.964 bits per heavy atom. The topological polar surface area (TPSA) is 54.3 Å². The zero-order valence-electron chi connectivity index (χ0n) is 16.1. The van der Waals surface area contributed by atoms with Crippen LogP contribution in [0, 0.1) is 0 Å². The molecule has 1 aliphatic rings. The van der Waals surface area contributed by atoms with Crippen LogP contribution in [-0.4, -0.2) is 30.4 Å². The van der Waals surface area contributed by atoms with Crippen LogP contribution in [-0.2, 0) is 11.3 Å². The lowest BCUT2D eigenvalue weighted by atomic mass is 10.0. The number of aromatic nitrogens is 1. The number of nitrogens with one attached hydrogen (secondary N) is 1. The number of nitrogens with zero attached hydrogens (tertiary/aromatic N) is 2. The van der Waals surface area contributed by atoms with Gasteiger partial charge in [-0.1, -0.05) is 30.3 Å². The summed E-state index contributed by atoms with van der Waals surface area (Å²) in [5, 5.41) is 3.01. The van der Waals surface area contributed by atoms with Crippen LogP contribution in [0.3, 0.4) is 0 Å². The summed E-state index contributed by atoms with van der Waals surface area (Å²) in [5.41, 5.74) is 4.07. The van der Waals surface area contributed by atoms with E-state index >= 15 is 0 Å². The van der Waals surface area contributed by atoms with Gasteiger partial charge < -0.3 is 14.8 Å². The van der Waals surface area contributed by atoms with Gasteiger partial charge >= 0.3 is 0 Å². The first-order valence-corrected chi connectivity index (χ1v) is 9.42. The molecule has 1 unspecified atom stereocenters. The number of carbonyl (C=O) groups excluding carboxylic acids is 2. The Balaban J connectivity index is 1.51. The highest BCUT2D eigenvalue weighted by molar-refractivity contribution is 6.08. The van der Waals surface area contributed by atoms with E-state index in [-0.39, 0.29) is 17.6 Å². The van der Waals surface area contributed by atoms with Crippen molar-refractivity contribution in [1.29, 1.82) is 0 Å². The summed E-state index contributed by atoms with van der Waals surface area (Å²) in [5.74, 6) is -0.286. The van der Waals surface area contributed by atoms with Crippen molar-refractivity contribution < 1.29 is 9.59 Å². The van der Waals surface area contributed by atoms with Crippen molar-refractivity contribution in [2.75, 3.05) is 24.3 Å². The van der Waals surface area contributed by atoms with E-state index in [4.69, 9.17) is 0 Å². The molecule has 1 aliphatic heterocycles. The number of hydrogen-bond donors (Lipinski definition) is 1. The van der Waals surface area contributed by atoms with Gasteiger partial charge in [-0.25, -0.2) is 0 Å². The first-order chi connectivity index (χ1) is 13.5. The second-order valence-electron chi connectivity index (χ2n) is 7.26. The third-order valence-corrected chi connectivity index (χ3v) is 5.25. The van der Waals surface area contributed by atoms with Gasteiger partial charge in [0.1, 0.15) is 0 Å². The highest BCUT2D eigenvalue weighted by Gasteiger charge is 2.32. The normalized spacial score (nSPS) is 15.1. The Bertz CT molecular complexity index is 1000. The number of amides is 1. The number of ketones is 1. The predicted molar refractivity (Wildman–Crippen MR) is 111 cm³/mol. The lowest BCUT2D eigenvalue weighted by Gasteiger charge is -2.14. The van der Waals surface area contributed by atoms with Crippen molar-refractivity contribution in [1.82, 2.24) is 4.57 Å². The SMILES string of the molecule is CN(C)c1ccc(NC(=O)C2CCn3c(C(=O)c4ccccc4)ccc32)cc1. The number of rotatable bonds is 5. The molecule has 1 amide bonds. The molecule has 0 aliphatic carbocycles. The largest absolute Gasteiger partial charge is 0.378 e. The Labute approximate surface area is 164 Å². The number of fused-ring (bicyclic) bond motifs is 1. The van der Waals surface area contributed by atoms with Crippen LogP contribution in [0.2, 0.25) is 0 Å². The molecule has 1 N–H and O–H groups in total. The van der Waals surface area contributed by atoms with Crippen LogP contribution in [0.15, 0.2) is 66.7 Å². The molecule has 2 heterocycles. The van der Waals surface area contributed by atoms with Crippen molar-refractivity contribution in [3.05, 3.63) is 83.7 Å². The highest BCUT2D eigenvalue weighted by atomic mass is 16.2. The monoisotopic (exact) mass is 373 g/mol. The van der Waals surface area contributed by atoms with Crippen LogP contribution in [0.1, 0.15) is 34.1 Å². The maximum absolute atomic E-state index is 12.8. The molecule has 142 valence electrons. The van der Waals surface area contributed by atoms with Gasteiger partial charge in [0.05, 0.1) is 11.6 Å². The molecular weight excluding hydrogens is 350 g/mol. The van der Waals surface area contributed by atoms with Crippen LogP contribution in [0.25, 0.3) is 0 Å². The molecule has 0 bridgehead atoms. The third-order valence-electron chi connectivity index (χ3n) is 5.25. The highest BCUT2D eigenvalue weighted by Crippen LogP contribution is 2.32. The van der Waals surface area contributed by atoms with Crippen molar-refractivity contribution in [2.45, 2.75) is 18.9 Å². The number of carbonyl (C=O) groups is 2. The molecule has 5 nitrogen and oxygen atoms in total. The third kappa shape index (κ3) is 3.31. The minimum Gasteiger partial charge on any atom is -0.378 e. The molecule has 0 saturated carbocycles. The summed E-state index contributed by atoms with van der Waals surface area (Å²) >= 11 is 0. The lowest BCUT2D eigenvalue weighted by Crippen LogP contribution is -2.19. The van der Waals surface area contributed by atoms with E-state index in [9.17, 15) is 9.59 Å². The molecule has 0 fully saturated rings. The molecule has 2 aromatic carbocycles. The second-order valence-corrected chi connectivity index (χ2v) is 7.26. The number of benzene rings is 2. The van der Waals surface area contributed by atoms with E-state index in [2.05, 4.69) is 5.32 Å². The van der Waals surface area contributed by atoms with Crippen LogP contribution >= 0.6 is 0 Å². The average molecular weight is 373 g/mol. The van der Waals surface area contributed by atoms with E-state index in [1.165, 1.54) is 0 Å². The molecule has 1 atom stereocenters. The number of anilines is 2. The van der Waals surface area contributed by atoms with Gasteiger partial charge in [0, 0.05) is 43.3 Å². The Morgan fingerprint density at radius 3 is 2.36 bits per heavy atom. The Hall–Kier alpha value is -3.34. The van der Waals surface area contributed by atoms with Crippen molar-refractivity contribution >= 4 is 23.1 Å². The van der Waals surface area contributed by atoms with Crippen molar-refractivity contribution in [3.8, 4) is 0 Å². The van der Waals surface area contributed by atoms with E-state index < -0.39 is 0 Å². The zero-order valence-corrected chi connectivity index (χ0v) is 16.1. The molecule has 1 aromatic heterocycles. The van der Waals surface area contributed by atoms with E-state index in [1.807, 2.05) is 90.3 Å². The maximum Gasteiger partial charge on any atom is 0.233 e. The fourth-order valence-corrected chi connectivity index (χ4v) is 3.72. The van der Waals surface area contributed by atoms with Gasteiger partial charge in [-0.3, -0.25) is 9.59 Å². The summed E-state index contributed by atoms with van der Waals surface area (Å²) in [6.07, 6.45) is 0.701. The fourth-order valence-electron chi connectivity index (χ4n) is 3.72. The minimum atomic E-state index is -0.245. The Kier molecular flexibility index (Phi) is 4.74. The summed E-state index contributed by atoms with van der Waals surface area (Å²) in [4.78, 5) is 27.6. The molecule has 4 rings (SSSR count). The second kappa shape index (κ2) is 7.35. The van der Waals surface area contributed by atoms with Crippen molar-refractivity contribution in [3.63, 3.8) is 0 Å². The van der Waals surface area contributed by atoms with Gasteiger partial charge in [-0.15, -0.1) is 0 Å². The average Bonchev–Trinajstić information content (AvgIpc) is 3.30. The quantitative estimate of drug-likeness (QED) is 0.690. The van der Waals surface area contributed by atoms with Gasteiger partial charge in [0.2, 0.25) is 11.7 Å². The summed E-state index contributed by atoms with van der Waals surface area (Å²) in [6, 6.07) is 20.8. The van der Waals surface area contributed by atoms with Crippen LogP contribution in [0.4, 0.5) is 11.4 Å². The standard InChI is InChI=1S/C23H23N3O2/c1-25(2)18-10-8-17(9-11-18)24-23(28)19-14-15-26-20(19)12-13-21(26)22(27)16-6-4-3-5-7-16/h3-13,19H,14-15H2,1-2H3,(H,24,28). The minimum absolute atomic E-state index is 0.00724. The molecule has 0 saturated heterocycles. The van der Waals surface area contributed by atoms with Crippen LogP contribution in [0.5, 0.6) is 0 Å². The molecular formula is C23H23N3O2. The fraction of sp³-hybridized carbons (Fsp3) is 0.217. The first kappa shape index (κ1) is 18.0. The molecule has 0 spiro atoms. The summed E-state index contributed by atoms with van der Waals surface area (Å²) < 4.78 is 1.98. The lowest BCUT2D eigenvalue weighted by molar-refractivity contribution is -0.117. The molecule has 28 heavy (non-hydrogen) atoms. The van der Waals surface area contributed by atoms with E-state index in [1.54, 1.807) is 0 Å². The van der Waals surface area contributed by atoms with Crippen LogP contribution < -0.4 is 10.2 Å². The molecule has 0 radical (unpaired) electrons. The molecule has 3 aromatic rings. The van der Waals surface area contributed by atoms with Gasteiger partial charge in [0.15, 0.2) is 0 Å². The zero-order chi connectivity index (χ0) is 19.7.